The van der Waals surface area contributed by atoms with E-state index in [0.717, 1.165) is 10.8 Å². The number of aliphatic hydroxyl groups is 1. The van der Waals surface area contributed by atoms with Gasteiger partial charge in [-0.2, -0.15) is 0 Å². The number of nitrogens with one attached hydrogen (secondary N) is 2. The maximum atomic E-state index is 15.3. The minimum atomic E-state index is -3.97. The second-order valence-electron chi connectivity index (χ2n) is 10.0. The number of fused-ring (bicyclic) bond motifs is 1. The monoisotopic (exact) mass is 665 g/mol. The molecule has 0 bridgehead atoms. The van der Waals surface area contributed by atoms with Crippen LogP contribution in [0, 0.1) is 0 Å². The number of H-pyrrole nitrogens is 1. The lowest BCUT2D eigenvalue weighted by Crippen LogP contribution is -2.52. The maximum Gasteiger partial charge on any atom is 0.330 e. The quantitative estimate of drug-likeness (QED) is 0.205. The van der Waals surface area contributed by atoms with Crippen LogP contribution >= 0.6 is 18.2 Å². The van der Waals surface area contributed by atoms with Crippen LogP contribution < -0.4 is 20.9 Å². The van der Waals surface area contributed by atoms with Crippen LogP contribution in [0.25, 0.3) is 10.8 Å². The lowest BCUT2D eigenvalue weighted by molar-refractivity contribution is -0.192. The molecule has 3 N–H and O–H groups in total. The van der Waals surface area contributed by atoms with Crippen LogP contribution in [-0.2, 0) is 30.6 Å². The fourth-order valence-electron chi connectivity index (χ4n) is 4.27. The number of benzene rings is 2. The molecule has 1 unspecified atom stereocenters. The fourth-order valence-corrected chi connectivity index (χ4v) is 6.84. The molecule has 43 heavy (non-hydrogen) atoms. The molecule has 2 heterocycles. The van der Waals surface area contributed by atoms with Gasteiger partial charge in [0.05, 0.1) is 12.7 Å². The van der Waals surface area contributed by atoms with Gasteiger partial charge in [0.2, 0.25) is 0 Å². The summed E-state index contributed by atoms with van der Waals surface area (Å²) in [6.07, 6.45) is -10.6. The second-order valence-corrected chi connectivity index (χ2v) is 13.5. The first-order valence-electron chi connectivity index (χ1n) is 12.9. The van der Waals surface area contributed by atoms with E-state index in [1.54, 1.807) is 49.2 Å². The van der Waals surface area contributed by atoms with Gasteiger partial charge in [-0.25, -0.2) is 23.1 Å². The predicted molar refractivity (Wildman–Crippen MR) is 155 cm³/mol. The number of carbonyl (C=O) groups is 1. The third-order valence-corrected chi connectivity index (χ3v) is 9.20. The molecule has 17 heteroatoms. The van der Waals surface area contributed by atoms with Gasteiger partial charge in [0, 0.05) is 6.20 Å². The molecule has 3 aromatic rings. The van der Waals surface area contributed by atoms with Crippen molar-refractivity contribution < 1.29 is 41.6 Å². The Hall–Kier alpha value is -2.78. The molecule has 1 saturated heterocycles. The van der Waals surface area contributed by atoms with Gasteiger partial charge in [0.1, 0.15) is 22.9 Å². The number of hydrogen-bond donors (Lipinski definition) is 3. The molecule has 0 saturated carbocycles. The highest BCUT2D eigenvalue weighted by molar-refractivity contribution is 8.09. The number of nitrogens with zero attached hydrogens (tertiary/aromatic N) is 1. The molecule has 1 aliphatic rings. The second kappa shape index (κ2) is 13.1. The number of aliphatic hydroxyl groups excluding tert-OH is 1. The summed E-state index contributed by atoms with van der Waals surface area (Å²) in [4.78, 5) is 38.3. The fraction of sp³-hybridized carbons (Fsp3) is 0.423. The highest BCUT2D eigenvalue weighted by atomic mass is 35.5. The van der Waals surface area contributed by atoms with Gasteiger partial charge in [-0.3, -0.25) is 19.1 Å². The molecule has 0 radical (unpaired) electrons. The third-order valence-electron chi connectivity index (χ3n) is 6.45. The summed E-state index contributed by atoms with van der Waals surface area (Å²) in [5.74, 6) is -0.581. The van der Waals surface area contributed by atoms with Gasteiger partial charge in [-0.15, -0.1) is 0 Å². The van der Waals surface area contributed by atoms with Crippen molar-refractivity contribution in [1.82, 2.24) is 14.6 Å². The van der Waals surface area contributed by atoms with Crippen LogP contribution in [0.4, 0.5) is 13.2 Å². The molecule has 1 aliphatic heterocycles. The molecule has 11 nitrogen and oxygen atoms in total. The molecule has 4 rings (SSSR count). The summed E-state index contributed by atoms with van der Waals surface area (Å²) in [7, 11) is 0. The van der Waals surface area contributed by atoms with Crippen molar-refractivity contribution in [2.45, 2.75) is 63.4 Å². The number of carbonyl (C=O) groups excluding carboxylic acids is 1. The molecular weight excluding hydrogens is 638 g/mol. The molecule has 1 aromatic heterocycles. The SMILES string of the molecule is CC(C)OC(=O)[C@H](C)NP(=S)(OC[C@@]1(C(F)F)O[C@@H](n2cc(Cl)c(=O)[nH]c2=O)[C@H](F)[C@@H]1O)Oc1ccc2ccccc2c1. The molecular formula is C26H28ClF3N3O8PS. The van der Waals surface area contributed by atoms with Gasteiger partial charge >= 0.3 is 18.3 Å². The van der Waals surface area contributed by atoms with E-state index in [0.29, 0.717) is 10.8 Å². The summed E-state index contributed by atoms with van der Waals surface area (Å²) in [6.45, 7) is -0.570. The van der Waals surface area contributed by atoms with E-state index in [4.69, 9.17) is 41.9 Å². The maximum absolute atomic E-state index is 15.3. The average molecular weight is 666 g/mol. The number of aromatic nitrogens is 2. The molecule has 234 valence electrons. The van der Waals surface area contributed by atoms with Crippen LogP contribution in [0.5, 0.6) is 5.75 Å². The summed E-state index contributed by atoms with van der Waals surface area (Å²) < 4.78 is 67.0. The van der Waals surface area contributed by atoms with Gasteiger partial charge < -0.3 is 23.6 Å². The molecule has 6 atom stereocenters. The summed E-state index contributed by atoms with van der Waals surface area (Å²) in [5.41, 5.74) is -5.28. The molecule has 2 aromatic carbocycles. The molecule has 1 fully saturated rings. The average Bonchev–Trinajstić information content (AvgIpc) is 3.19. The number of hydrogen-bond acceptors (Lipinski definition) is 9. The van der Waals surface area contributed by atoms with Crippen LogP contribution in [0.3, 0.4) is 0 Å². The number of aromatic amines is 1. The summed E-state index contributed by atoms with van der Waals surface area (Å²) in [6, 6.07) is 11.0. The smallest absolute Gasteiger partial charge is 0.330 e. The normalized spacial score (nSPS) is 24.3. The number of ether oxygens (including phenoxy) is 2. The van der Waals surface area contributed by atoms with Gasteiger partial charge in [0.25, 0.3) is 12.0 Å². The zero-order valence-corrected chi connectivity index (χ0v) is 25.4. The Balaban J connectivity index is 1.66. The third kappa shape index (κ3) is 7.14. The lowest BCUT2D eigenvalue weighted by Gasteiger charge is -2.34. The Kier molecular flexibility index (Phi) is 10.1. The Morgan fingerprint density at radius 3 is 2.56 bits per heavy atom. The van der Waals surface area contributed by atoms with E-state index >= 15 is 4.39 Å². The van der Waals surface area contributed by atoms with E-state index in [2.05, 4.69) is 5.09 Å². The Bertz CT molecular complexity index is 1660. The first-order valence-corrected chi connectivity index (χ1v) is 15.9. The number of esters is 1. The van der Waals surface area contributed by atoms with Crippen LogP contribution in [0.15, 0.2) is 58.3 Å². The van der Waals surface area contributed by atoms with Crippen molar-refractivity contribution >= 4 is 46.8 Å². The van der Waals surface area contributed by atoms with Gasteiger partial charge in [-0.05, 0) is 55.5 Å². The van der Waals surface area contributed by atoms with E-state index in [1.807, 2.05) is 12.1 Å². The predicted octanol–water partition coefficient (Wildman–Crippen LogP) is 3.82. The van der Waals surface area contributed by atoms with Crippen molar-refractivity contribution in [3.8, 4) is 5.75 Å². The van der Waals surface area contributed by atoms with E-state index in [9.17, 15) is 28.3 Å². The number of halogens is 4. The van der Waals surface area contributed by atoms with Crippen LogP contribution in [-0.4, -0.2) is 63.7 Å². The largest absolute Gasteiger partial charge is 0.462 e. The number of rotatable bonds is 11. The first kappa shape index (κ1) is 33.1. The van der Waals surface area contributed by atoms with E-state index in [1.165, 1.54) is 6.92 Å². The van der Waals surface area contributed by atoms with Crippen molar-refractivity contribution in [3.05, 3.63) is 74.5 Å². The minimum absolute atomic E-state index is 0.161. The van der Waals surface area contributed by atoms with Gasteiger partial charge in [-0.1, -0.05) is 41.9 Å². The minimum Gasteiger partial charge on any atom is -0.462 e. The Labute approximate surface area is 253 Å². The molecule has 0 amide bonds. The van der Waals surface area contributed by atoms with Crippen LogP contribution in [0.1, 0.15) is 27.0 Å². The first-order chi connectivity index (χ1) is 20.2. The van der Waals surface area contributed by atoms with Crippen molar-refractivity contribution in [1.29, 1.82) is 0 Å². The molecule has 0 spiro atoms. The Morgan fingerprint density at radius 1 is 1.23 bits per heavy atom. The standard InChI is InChI=1S/C26H28ClF3N3O8PS/c1-13(2)39-23(36)14(3)32-42(43,41-17-9-8-15-6-4-5-7-16(15)10-17)38-12-26(24(29)30)20(34)19(28)22(40-26)33-11-18(27)21(35)31-25(33)37/h4-11,13-14,19-20,22,24,34H,12H2,1-3H3,(H,32,43)(H,31,35,37)/t14-,19+,20-,22+,26+,42?/m0/s1. The van der Waals surface area contributed by atoms with Gasteiger partial charge in [0.15, 0.2) is 18.0 Å². The van der Waals surface area contributed by atoms with E-state index in [-0.39, 0.29) is 5.75 Å². The van der Waals surface area contributed by atoms with E-state index < -0.39 is 78.2 Å². The summed E-state index contributed by atoms with van der Waals surface area (Å²) >= 11 is 11.3. The zero-order valence-electron chi connectivity index (χ0n) is 22.9. The topological polar surface area (TPSA) is 141 Å². The van der Waals surface area contributed by atoms with Crippen molar-refractivity contribution in [2.24, 2.45) is 0 Å². The highest BCUT2D eigenvalue weighted by Gasteiger charge is 2.62. The van der Waals surface area contributed by atoms with Crippen LogP contribution in [0.2, 0.25) is 5.02 Å². The Morgan fingerprint density at radius 2 is 1.91 bits per heavy atom. The molecule has 0 aliphatic carbocycles. The highest BCUT2D eigenvalue weighted by Crippen LogP contribution is 2.50. The van der Waals surface area contributed by atoms with Crippen molar-refractivity contribution in [3.63, 3.8) is 0 Å². The summed E-state index contributed by atoms with van der Waals surface area (Å²) in [5, 5.41) is 14.4. The zero-order chi connectivity index (χ0) is 31.7. The number of alkyl halides is 3. The lowest BCUT2D eigenvalue weighted by atomic mass is 9.97. The van der Waals surface area contributed by atoms with Crippen molar-refractivity contribution in [2.75, 3.05) is 6.61 Å².